The molecular formula is C12H22N4OS. The van der Waals surface area contributed by atoms with E-state index in [1.54, 1.807) is 0 Å². The number of hydrogen-bond donors (Lipinski definition) is 3. The van der Waals surface area contributed by atoms with Crippen LogP contribution in [0.15, 0.2) is 11.2 Å². The van der Waals surface area contributed by atoms with Gasteiger partial charge in [0.1, 0.15) is 11.6 Å². The maximum absolute atomic E-state index is 9.42. The Morgan fingerprint density at radius 2 is 2.00 bits per heavy atom. The summed E-state index contributed by atoms with van der Waals surface area (Å²) in [6.07, 6.45) is 2.76. The van der Waals surface area contributed by atoms with Gasteiger partial charge in [0.2, 0.25) is 0 Å². The van der Waals surface area contributed by atoms with Gasteiger partial charge in [0.05, 0.1) is 12.1 Å². The summed E-state index contributed by atoms with van der Waals surface area (Å²) in [5.74, 6) is 1.54. The van der Waals surface area contributed by atoms with E-state index >= 15 is 0 Å². The Hall–Kier alpha value is -1.01. The molecular weight excluding hydrogens is 248 g/mol. The van der Waals surface area contributed by atoms with Gasteiger partial charge < -0.3 is 15.7 Å². The fraction of sp³-hybridized carbons (Fsp3) is 0.667. The van der Waals surface area contributed by atoms with E-state index in [9.17, 15) is 5.11 Å². The van der Waals surface area contributed by atoms with Gasteiger partial charge in [-0.3, -0.25) is 0 Å². The first kappa shape index (κ1) is 15.0. The molecule has 1 aromatic rings. The molecule has 1 atom stereocenters. The molecule has 1 heterocycles. The Labute approximate surface area is 113 Å². The molecule has 0 aliphatic rings. The van der Waals surface area contributed by atoms with Gasteiger partial charge in [0.25, 0.3) is 0 Å². The number of aromatic nitrogens is 2. The number of rotatable bonds is 7. The van der Waals surface area contributed by atoms with Gasteiger partial charge in [0, 0.05) is 12.6 Å². The lowest BCUT2D eigenvalue weighted by Gasteiger charge is -2.28. The van der Waals surface area contributed by atoms with Crippen molar-refractivity contribution in [1.82, 2.24) is 9.97 Å². The first-order chi connectivity index (χ1) is 8.56. The second-order valence-corrected chi connectivity index (χ2v) is 5.13. The van der Waals surface area contributed by atoms with E-state index < -0.39 is 0 Å². The lowest BCUT2D eigenvalue weighted by Crippen LogP contribution is -2.38. The lowest BCUT2D eigenvalue weighted by atomic mass is 10.0. The maximum Gasteiger partial charge on any atom is 0.191 e. The lowest BCUT2D eigenvalue weighted by molar-refractivity contribution is 0.218. The predicted octanol–water partition coefficient (Wildman–Crippen LogP) is 2.20. The summed E-state index contributed by atoms with van der Waals surface area (Å²) < 4.78 is 0. The molecule has 1 rings (SSSR count). The van der Waals surface area contributed by atoms with Crippen LogP contribution >= 0.6 is 11.8 Å². The molecule has 1 aromatic heterocycles. The Bertz CT molecular complexity index is 382. The number of anilines is 2. The van der Waals surface area contributed by atoms with Gasteiger partial charge in [-0.25, -0.2) is 9.97 Å². The van der Waals surface area contributed by atoms with Crippen LogP contribution in [0.4, 0.5) is 11.6 Å². The summed E-state index contributed by atoms with van der Waals surface area (Å²) >= 11 is 1.50. The molecule has 0 radical (unpaired) electrons. The van der Waals surface area contributed by atoms with Crippen LogP contribution in [0.2, 0.25) is 0 Å². The van der Waals surface area contributed by atoms with Crippen molar-refractivity contribution in [2.75, 3.05) is 30.0 Å². The highest BCUT2D eigenvalue weighted by Crippen LogP contribution is 2.21. The van der Waals surface area contributed by atoms with Crippen LogP contribution in [0.1, 0.15) is 27.2 Å². The van der Waals surface area contributed by atoms with Crippen LogP contribution in [0.3, 0.4) is 0 Å². The third-order valence-electron chi connectivity index (χ3n) is 2.81. The molecule has 0 aliphatic heterocycles. The SMILES string of the molecule is CCNc1cc(NC(C)(CC)CO)nc(SC)n1. The van der Waals surface area contributed by atoms with E-state index in [1.807, 2.05) is 33.1 Å². The molecule has 0 spiro atoms. The molecule has 0 bridgehead atoms. The van der Waals surface area contributed by atoms with Crippen molar-refractivity contribution in [3.05, 3.63) is 6.07 Å². The zero-order chi connectivity index (χ0) is 13.6. The molecule has 0 aromatic carbocycles. The molecule has 102 valence electrons. The summed E-state index contributed by atoms with van der Waals surface area (Å²) in [7, 11) is 0. The number of aliphatic hydroxyl groups excluding tert-OH is 1. The summed E-state index contributed by atoms with van der Waals surface area (Å²) in [4.78, 5) is 8.77. The van der Waals surface area contributed by atoms with Crippen molar-refractivity contribution in [2.45, 2.75) is 37.9 Å². The molecule has 0 aliphatic carbocycles. The van der Waals surface area contributed by atoms with E-state index in [0.717, 1.165) is 24.6 Å². The van der Waals surface area contributed by atoms with Crippen molar-refractivity contribution in [1.29, 1.82) is 0 Å². The van der Waals surface area contributed by atoms with E-state index in [1.165, 1.54) is 11.8 Å². The molecule has 18 heavy (non-hydrogen) atoms. The largest absolute Gasteiger partial charge is 0.394 e. The summed E-state index contributed by atoms with van der Waals surface area (Å²) in [5.41, 5.74) is -0.354. The topological polar surface area (TPSA) is 70.1 Å². The van der Waals surface area contributed by atoms with Gasteiger partial charge in [0.15, 0.2) is 5.16 Å². The van der Waals surface area contributed by atoms with Crippen LogP contribution in [0, 0.1) is 0 Å². The quantitative estimate of drug-likeness (QED) is 0.521. The Morgan fingerprint density at radius 1 is 1.33 bits per heavy atom. The number of aliphatic hydroxyl groups is 1. The molecule has 0 saturated carbocycles. The van der Waals surface area contributed by atoms with Crippen LogP contribution in [-0.2, 0) is 0 Å². The van der Waals surface area contributed by atoms with Crippen LogP contribution in [0.5, 0.6) is 0 Å². The van der Waals surface area contributed by atoms with Gasteiger partial charge in [-0.15, -0.1) is 0 Å². The van der Waals surface area contributed by atoms with Crippen molar-refractivity contribution in [3.63, 3.8) is 0 Å². The van der Waals surface area contributed by atoms with Gasteiger partial charge in [-0.1, -0.05) is 18.7 Å². The zero-order valence-electron chi connectivity index (χ0n) is 11.4. The molecule has 0 saturated heterocycles. The summed E-state index contributed by atoms with van der Waals surface area (Å²) in [6.45, 7) is 6.91. The monoisotopic (exact) mass is 270 g/mol. The number of nitrogens with one attached hydrogen (secondary N) is 2. The second-order valence-electron chi connectivity index (χ2n) is 4.35. The third kappa shape index (κ3) is 4.03. The highest BCUT2D eigenvalue weighted by Gasteiger charge is 2.21. The van der Waals surface area contributed by atoms with E-state index in [-0.39, 0.29) is 12.1 Å². The normalized spacial score (nSPS) is 14.1. The van der Waals surface area contributed by atoms with Crippen molar-refractivity contribution < 1.29 is 5.11 Å². The molecule has 3 N–H and O–H groups in total. The smallest absolute Gasteiger partial charge is 0.191 e. The first-order valence-electron chi connectivity index (χ1n) is 6.13. The van der Waals surface area contributed by atoms with Crippen molar-refractivity contribution in [3.8, 4) is 0 Å². The fourth-order valence-corrected chi connectivity index (χ4v) is 1.78. The predicted molar refractivity (Wildman–Crippen MR) is 77.4 cm³/mol. The molecule has 5 nitrogen and oxygen atoms in total. The summed E-state index contributed by atoms with van der Waals surface area (Å²) in [5, 5.41) is 16.6. The minimum atomic E-state index is -0.354. The van der Waals surface area contributed by atoms with Crippen LogP contribution in [-0.4, -0.2) is 40.0 Å². The Balaban J connectivity index is 2.96. The fourth-order valence-electron chi connectivity index (χ4n) is 1.40. The van der Waals surface area contributed by atoms with E-state index in [4.69, 9.17) is 0 Å². The second kappa shape index (κ2) is 6.80. The van der Waals surface area contributed by atoms with Crippen molar-refractivity contribution in [2.24, 2.45) is 0 Å². The number of nitrogens with zero attached hydrogens (tertiary/aromatic N) is 2. The first-order valence-corrected chi connectivity index (χ1v) is 7.35. The minimum Gasteiger partial charge on any atom is -0.394 e. The molecule has 6 heteroatoms. The Kier molecular flexibility index (Phi) is 5.68. The Morgan fingerprint density at radius 3 is 2.50 bits per heavy atom. The summed E-state index contributed by atoms with van der Waals surface area (Å²) in [6, 6.07) is 1.87. The van der Waals surface area contributed by atoms with Crippen LogP contribution < -0.4 is 10.6 Å². The van der Waals surface area contributed by atoms with E-state index in [2.05, 4.69) is 20.6 Å². The van der Waals surface area contributed by atoms with Crippen molar-refractivity contribution >= 4 is 23.4 Å². The van der Waals surface area contributed by atoms with E-state index in [0.29, 0.717) is 5.16 Å². The van der Waals surface area contributed by atoms with Gasteiger partial charge in [-0.2, -0.15) is 0 Å². The molecule has 1 unspecified atom stereocenters. The molecule has 0 amide bonds. The van der Waals surface area contributed by atoms with Gasteiger partial charge >= 0.3 is 0 Å². The average Bonchev–Trinajstić information content (AvgIpc) is 2.38. The minimum absolute atomic E-state index is 0.0681. The highest BCUT2D eigenvalue weighted by atomic mass is 32.2. The molecule has 0 fully saturated rings. The van der Waals surface area contributed by atoms with Gasteiger partial charge in [-0.05, 0) is 26.5 Å². The van der Waals surface area contributed by atoms with Crippen LogP contribution in [0.25, 0.3) is 0 Å². The average molecular weight is 270 g/mol. The highest BCUT2D eigenvalue weighted by molar-refractivity contribution is 7.98. The standard InChI is InChI=1S/C12H22N4OS/c1-5-12(3,8-17)16-10-7-9(13-6-2)14-11(15-10)18-4/h7,17H,5-6,8H2,1-4H3,(H2,13,14,15,16). The number of thioether (sulfide) groups is 1. The third-order valence-corrected chi connectivity index (χ3v) is 3.35. The maximum atomic E-state index is 9.42. The number of hydrogen-bond acceptors (Lipinski definition) is 6. The zero-order valence-corrected chi connectivity index (χ0v) is 12.3.